The van der Waals surface area contributed by atoms with Crippen molar-refractivity contribution >= 4 is 17.6 Å². The predicted octanol–water partition coefficient (Wildman–Crippen LogP) is 1.25. The predicted molar refractivity (Wildman–Crippen MR) is 59.8 cm³/mol. The summed E-state index contributed by atoms with van der Waals surface area (Å²) >= 11 is 0. The average molecular weight is 232 g/mol. The van der Waals surface area contributed by atoms with E-state index >= 15 is 0 Å². The zero-order valence-corrected chi connectivity index (χ0v) is 8.87. The first-order valence-corrected chi connectivity index (χ1v) is 4.98. The summed E-state index contributed by atoms with van der Waals surface area (Å²) in [5.41, 5.74) is 0.702. The van der Waals surface area contributed by atoms with Gasteiger partial charge in [0, 0.05) is 24.2 Å². The molecule has 0 spiro atoms. The molecule has 1 aliphatic rings. The number of hydrogen-bond donors (Lipinski definition) is 1. The Kier molecular flexibility index (Phi) is 2.79. The lowest BCUT2D eigenvalue weighted by Crippen LogP contribution is -2.49. The number of halogens is 1. The zero-order valence-electron chi connectivity index (χ0n) is 8.87. The van der Waals surface area contributed by atoms with Crippen LogP contribution < -0.4 is 10.2 Å². The minimum atomic E-state index is -0.560. The second-order valence-electron chi connectivity index (χ2n) is 3.60. The molecular weight excluding hydrogens is 223 g/mol. The van der Waals surface area contributed by atoms with Crippen molar-refractivity contribution in [2.24, 2.45) is 0 Å². The molecule has 1 aliphatic heterocycles. The molecule has 0 aromatic heterocycles. The first-order chi connectivity index (χ1) is 8.10. The Balaban J connectivity index is 2.34. The monoisotopic (exact) mass is 232 g/mol. The molecule has 0 atom stereocenters. The number of rotatable bonds is 1. The van der Waals surface area contributed by atoms with Gasteiger partial charge in [-0.1, -0.05) is 5.92 Å². The third-order valence-electron chi connectivity index (χ3n) is 2.41. The first kappa shape index (κ1) is 11.1. The largest absolute Gasteiger partial charge is 0.328 e. The topological polar surface area (TPSA) is 49.4 Å². The summed E-state index contributed by atoms with van der Waals surface area (Å²) in [5.74, 6) is 1.46. The van der Waals surface area contributed by atoms with Gasteiger partial charge in [-0.05, 0) is 18.2 Å². The summed E-state index contributed by atoms with van der Waals surface area (Å²) < 4.78 is 13.3. The fourth-order valence-electron chi connectivity index (χ4n) is 1.62. The van der Waals surface area contributed by atoms with Crippen LogP contribution in [0.1, 0.15) is 12.0 Å². The van der Waals surface area contributed by atoms with Gasteiger partial charge in [0.1, 0.15) is 5.82 Å². The van der Waals surface area contributed by atoms with E-state index in [0.29, 0.717) is 11.3 Å². The number of hydrogen-bond acceptors (Lipinski definition) is 2. The third kappa shape index (κ3) is 2.26. The third-order valence-corrected chi connectivity index (χ3v) is 2.41. The van der Waals surface area contributed by atoms with Gasteiger partial charge in [0.2, 0.25) is 5.91 Å². The number of nitrogens with zero attached hydrogens (tertiary/aromatic N) is 1. The van der Waals surface area contributed by atoms with Crippen molar-refractivity contribution in [3.63, 3.8) is 0 Å². The van der Waals surface area contributed by atoms with Crippen molar-refractivity contribution in [2.45, 2.75) is 6.42 Å². The highest BCUT2D eigenvalue weighted by Gasteiger charge is 2.24. The maximum Gasteiger partial charge on any atom is 0.328 e. The summed E-state index contributed by atoms with van der Waals surface area (Å²) in [7, 11) is 0. The van der Waals surface area contributed by atoms with Crippen LogP contribution in [0.4, 0.5) is 14.9 Å². The van der Waals surface area contributed by atoms with Crippen LogP contribution in [0.2, 0.25) is 0 Å². The molecule has 0 radical (unpaired) electrons. The number of terminal acetylenes is 1. The van der Waals surface area contributed by atoms with Gasteiger partial charge < -0.3 is 0 Å². The molecule has 0 bridgehead atoms. The number of carbonyl (C=O) groups is 2. The van der Waals surface area contributed by atoms with E-state index < -0.39 is 11.8 Å². The molecule has 4 nitrogen and oxygen atoms in total. The molecule has 0 aliphatic carbocycles. The number of amides is 3. The van der Waals surface area contributed by atoms with E-state index in [1.54, 1.807) is 0 Å². The van der Waals surface area contributed by atoms with Crippen LogP contribution in [0.5, 0.6) is 0 Å². The smallest absolute Gasteiger partial charge is 0.293 e. The van der Waals surface area contributed by atoms with E-state index in [2.05, 4.69) is 11.2 Å². The molecule has 1 fully saturated rings. The second-order valence-corrected chi connectivity index (χ2v) is 3.60. The zero-order chi connectivity index (χ0) is 12.4. The quantitative estimate of drug-likeness (QED) is 0.741. The van der Waals surface area contributed by atoms with Crippen molar-refractivity contribution in [3.8, 4) is 12.3 Å². The Morgan fingerprint density at radius 1 is 1.35 bits per heavy atom. The summed E-state index contributed by atoms with van der Waals surface area (Å²) in [6.07, 6.45) is 5.37. The molecule has 1 saturated heterocycles. The molecule has 1 aromatic rings. The summed E-state index contributed by atoms with van der Waals surface area (Å²) in [5, 5.41) is 2.16. The summed E-state index contributed by atoms with van der Waals surface area (Å²) in [6, 6.07) is 3.38. The van der Waals surface area contributed by atoms with Gasteiger partial charge in [-0.2, -0.15) is 0 Å². The highest BCUT2D eigenvalue weighted by molar-refractivity contribution is 6.05. The van der Waals surface area contributed by atoms with E-state index in [-0.39, 0.29) is 18.9 Å². The van der Waals surface area contributed by atoms with Crippen LogP contribution in [0.3, 0.4) is 0 Å². The van der Waals surface area contributed by atoms with Crippen molar-refractivity contribution in [2.75, 3.05) is 11.4 Å². The van der Waals surface area contributed by atoms with Gasteiger partial charge in [0.15, 0.2) is 0 Å². The molecule has 5 heteroatoms. The lowest BCUT2D eigenvalue weighted by molar-refractivity contribution is -0.120. The summed E-state index contributed by atoms with van der Waals surface area (Å²) in [4.78, 5) is 23.8. The van der Waals surface area contributed by atoms with Crippen LogP contribution >= 0.6 is 0 Å². The van der Waals surface area contributed by atoms with Crippen LogP contribution in [0.25, 0.3) is 0 Å². The van der Waals surface area contributed by atoms with Crippen LogP contribution in [-0.4, -0.2) is 18.5 Å². The fourth-order valence-corrected chi connectivity index (χ4v) is 1.62. The van der Waals surface area contributed by atoms with Crippen molar-refractivity contribution in [3.05, 3.63) is 29.6 Å². The van der Waals surface area contributed by atoms with Crippen molar-refractivity contribution in [1.82, 2.24) is 5.32 Å². The average Bonchev–Trinajstić information content (AvgIpc) is 2.28. The van der Waals surface area contributed by atoms with Gasteiger partial charge in [-0.15, -0.1) is 6.42 Å². The lowest BCUT2D eigenvalue weighted by atomic mass is 10.1. The molecule has 1 aromatic carbocycles. The Labute approximate surface area is 97.4 Å². The minimum Gasteiger partial charge on any atom is -0.293 e. The molecule has 86 valence electrons. The molecule has 0 saturated carbocycles. The SMILES string of the molecule is C#Cc1cc(F)cc(N2CCC(=O)NC2=O)c1. The maximum absolute atomic E-state index is 13.3. The van der Waals surface area contributed by atoms with E-state index in [9.17, 15) is 14.0 Å². The number of benzene rings is 1. The second kappa shape index (κ2) is 4.26. The molecule has 1 N–H and O–H groups in total. The number of carbonyl (C=O) groups excluding carboxylic acids is 2. The van der Waals surface area contributed by atoms with E-state index in [0.717, 1.165) is 0 Å². The van der Waals surface area contributed by atoms with Crippen LogP contribution in [-0.2, 0) is 4.79 Å². The highest BCUT2D eigenvalue weighted by atomic mass is 19.1. The van der Waals surface area contributed by atoms with Gasteiger partial charge in [-0.25, -0.2) is 9.18 Å². The Morgan fingerprint density at radius 2 is 2.12 bits per heavy atom. The lowest BCUT2D eigenvalue weighted by Gasteiger charge is -2.26. The molecule has 2 rings (SSSR count). The van der Waals surface area contributed by atoms with Crippen LogP contribution in [0.15, 0.2) is 18.2 Å². The van der Waals surface area contributed by atoms with E-state index in [1.165, 1.54) is 23.1 Å². The Hall–Kier alpha value is -2.35. The molecular formula is C12H9FN2O2. The number of anilines is 1. The maximum atomic E-state index is 13.3. The molecule has 17 heavy (non-hydrogen) atoms. The number of imide groups is 1. The standard InChI is InChI=1S/C12H9FN2O2/c1-2-8-5-9(13)7-10(6-8)15-4-3-11(16)14-12(15)17/h1,5-7H,3-4H2,(H,14,16,17). The van der Waals surface area contributed by atoms with Gasteiger partial charge in [0.25, 0.3) is 0 Å². The molecule has 1 heterocycles. The molecule has 0 unspecified atom stereocenters. The highest BCUT2D eigenvalue weighted by Crippen LogP contribution is 2.20. The Morgan fingerprint density at radius 3 is 2.76 bits per heavy atom. The van der Waals surface area contributed by atoms with Gasteiger partial charge in [0.05, 0.1) is 0 Å². The van der Waals surface area contributed by atoms with Crippen LogP contribution in [0, 0.1) is 18.2 Å². The summed E-state index contributed by atoms with van der Waals surface area (Å²) in [6.45, 7) is 0.220. The molecule has 3 amide bonds. The van der Waals surface area contributed by atoms with Gasteiger partial charge in [-0.3, -0.25) is 15.0 Å². The number of nitrogens with one attached hydrogen (secondary N) is 1. The minimum absolute atomic E-state index is 0.188. The van der Waals surface area contributed by atoms with Crippen molar-refractivity contribution in [1.29, 1.82) is 0 Å². The van der Waals surface area contributed by atoms with E-state index in [4.69, 9.17) is 6.42 Å². The van der Waals surface area contributed by atoms with E-state index in [1.807, 2.05) is 0 Å². The number of urea groups is 1. The first-order valence-electron chi connectivity index (χ1n) is 4.98. The van der Waals surface area contributed by atoms with Gasteiger partial charge >= 0.3 is 6.03 Å². The van der Waals surface area contributed by atoms with Crippen molar-refractivity contribution < 1.29 is 14.0 Å². The Bertz CT molecular complexity index is 534. The normalized spacial score (nSPS) is 15.4. The fraction of sp³-hybridized carbons (Fsp3) is 0.167.